The van der Waals surface area contributed by atoms with Crippen molar-refractivity contribution >= 4 is 51.6 Å². The second-order valence-corrected chi connectivity index (χ2v) is 5.31. The zero-order valence-corrected chi connectivity index (χ0v) is 12.6. The number of anilines is 2. The van der Waals surface area contributed by atoms with Crippen LogP contribution >= 0.6 is 34.2 Å². The highest BCUT2D eigenvalue weighted by Gasteiger charge is 2.09. The summed E-state index contributed by atoms with van der Waals surface area (Å²) in [7, 11) is 0. The van der Waals surface area contributed by atoms with Gasteiger partial charge in [-0.3, -0.25) is 4.79 Å². The summed E-state index contributed by atoms with van der Waals surface area (Å²) >= 11 is 8.20. The number of hydrazine groups is 1. The Morgan fingerprint density at radius 2 is 2.11 bits per heavy atom. The van der Waals surface area contributed by atoms with Crippen LogP contribution in [0.5, 0.6) is 0 Å². The van der Waals surface area contributed by atoms with Crippen LogP contribution in [0.15, 0.2) is 36.5 Å². The third-order valence-electron chi connectivity index (χ3n) is 2.35. The molecule has 0 fully saturated rings. The molecular formula is C12H10ClIN4O. The Bertz CT molecular complexity index is 603. The first-order valence-corrected chi connectivity index (χ1v) is 6.75. The molecule has 0 saturated heterocycles. The predicted molar refractivity (Wildman–Crippen MR) is 84.2 cm³/mol. The number of rotatable bonds is 3. The molecule has 5 nitrogen and oxygen atoms in total. The van der Waals surface area contributed by atoms with E-state index >= 15 is 0 Å². The smallest absolute Gasteiger partial charge is 0.257 e. The van der Waals surface area contributed by atoms with Crippen molar-refractivity contribution in [2.75, 3.05) is 10.7 Å². The molecular weight excluding hydrogens is 379 g/mol. The van der Waals surface area contributed by atoms with Gasteiger partial charge in [-0.15, -0.1) is 0 Å². The van der Waals surface area contributed by atoms with Crippen LogP contribution in [0.2, 0.25) is 5.02 Å². The van der Waals surface area contributed by atoms with Gasteiger partial charge in [0, 0.05) is 9.77 Å². The summed E-state index contributed by atoms with van der Waals surface area (Å²) in [6, 6.07) is 8.63. The fraction of sp³-hybridized carbons (Fsp3) is 0. The van der Waals surface area contributed by atoms with Crippen molar-refractivity contribution in [2.45, 2.75) is 0 Å². The van der Waals surface area contributed by atoms with Gasteiger partial charge in [-0.25, -0.2) is 10.8 Å². The number of hydrogen-bond acceptors (Lipinski definition) is 4. The summed E-state index contributed by atoms with van der Waals surface area (Å²) in [6.45, 7) is 0. The number of carbonyl (C=O) groups is 1. The molecule has 0 radical (unpaired) electrons. The minimum atomic E-state index is -0.279. The standard InChI is InChI=1S/C12H10ClIN4O/c13-9-5-8(14)2-3-10(9)17-12(19)7-1-4-11(18-15)16-6-7/h1-6H,15H2,(H,16,18)(H,17,19). The molecule has 1 heterocycles. The summed E-state index contributed by atoms with van der Waals surface area (Å²) < 4.78 is 1.00. The number of nitrogens with zero attached hydrogens (tertiary/aromatic N) is 1. The van der Waals surface area contributed by atoms with Crippen molar-refractivity contribution < 1.29 is 4.79 Å². The van der Waals surface area contributed by atoms with Gasteiger partial charge < -0.3 is 10.7 Å². The molecule has 2 rings (SSSR count). The lowest BCUT2D eigenvalue weighted by Gasteiger charge is -2.07. The van der Waals surface area contributed by atoms with Crippen LogP contribution in [-0.4, -0.2) is 10.9 Å². The Kier molecular flexibility index (Phi) is 4.56. The van der Waals surface area contributed by atoms with E-state index in [1.807, 2.05) is 6.07 Å². The van der Waals surface area contributed by atoms with Crippen LogP contribution in [0, 0.1) is 3.57 Å². The van der Waals surface area contributed by atoms with Crippen molar-refractivity contribution in [1.82, 2.24) is 4.98 Å². The van der Waals surface area contributed by atoms with Gasteiger partial charge in [0.25, 0.3) is 5.91 Å². The molecule has 0 aliphatic heterocycles. The van der Waals surface area contributed by atoms with E-state index < -0.39 is 0 Å². The molecule has 98 valence electrons. The highest BCUT2D eigenvalue weighted by atomic mass is 127. The number of amides is 1. The number of nitrogen functional groups attached to an aromatic ring is 1. The van der Waals surface area contributed by atoms with Crippen LogP contribution in [0.25, 0.3) is 0 Å². The number of nitrogens with one attached hydrogen (secondary N) is 2. The maximum absolute atomic E-state index is 12.0. The van der Waals surface area contributed by atoms with Crippen LogP contribution in [0.1, 0.15) is 10.4 Å². The van der Waals surface area contributed by atoms with Crippen molar-refractivity contribution in [2.24, 2.45) is 5.84 Å². The molecule has 19 heavy (non-hydrogen) atoms. The Hall–Kier alpha value is -1.38. The van der Waals surface area contributed by atoms with Gasteiger partial charge in [0.15, 0.2) is 0 Å². The molecule has 0 aliphatic carbocycles. The maximum Gasteiger partial charge on any atom is 0.257 e. The fourth-order valence-electron chi connectivity index (χ4n) is 1.40. The first-order valence-electron chi connectivity index (χ1n) is 5.29. The van der Waals surface area contributed by atoms with E-state index in [1.54, 1.807) is 24.3 Å². The molecule has 0 saturated carbocycles. The highest BCUT2D eigenvalue weighted by molar-refractivity contribution is 14.1. The lowest BCUT2D eigenvalue weighted by atomic mass is 10.2. The van der Waals surface area contributed by atoms with Gasteiger partial charge in [0.2, 0.25) is 0 Å². The number of benzene rings is 1. The van der Waals surface area contributed by atoms with E-state index in [9.17, 15) is 4.79 Å². The lowest BCUT2D eigenvalue weighted by Crippen LogP contribution is -2.14. The average molecular weight is 389 g/mol. The maximum atomic E-state index is 12.0. The Balaban J connectivity index is 2.15. The Morgan fingerprint density at radius 1 is 1.32 bits per heavy atom. The molecule has 1 aromatic heterocycles. The summed E-state index contributed by atoms with van der Waals surface area (Å²) in [6.07, 6.45) is 1.44. The second kappa shape index (κ2) is 6.18. The molecule has 0 unspecified atom stereocenters. The quantitative estimate of drug-likeness (QED) is 0.429. The second-order valence-electron chi connectivity index (χ2n) is 3.65. The van der Waals surface area contributed by atoms with Crippen LogP contribution in [-0.2, 0) is 0 Å². The minimum Gasteiger partial charge on any atom is -0.321 e. The van der Waals surface area contributed by atoms with E-state index in [1.165, 1.54) is 6.20 Å². The SMILES string of the molecule is NNc1ccc(C(=O)Nc2ccc(I)cc2Cl)cn1. The molecule has 7 heteroatoms. The molecule has 2 aromatic rings. The number of nitrogens with two attached hydrogens (primary N) is 1. The molecule has 1 aromatic carbocycles. The number of aromatic nitrogens is 1. The molecule has 0 bridgehead atoms. The monoisotopic (exact) mass is 388 g/mol. The van der Waals surface area contributed by atoms with E-state index in [2.05, 4.69) is 38.3 Å². The first kappa shape index (κ1) is 14.0. The summed E-state index contributed by atoms with van der Waals surface area (Å²) in [5.41, 5.74) is 3.38. The fourth-order valence-corrected chi connectivity index (χ4v) is 2.30. The van der Waals surface area contributed by atoms with E-state index in [0.717, 1.165) is 3.57 Å². The largest absolute Gasteiger partial charge is 0.321 e. The number of hydrogen-bond donors (Lipinski definition) is 3. The van der Waals surface area contributed by atoms with Crippen LogP contribution in [0.3, 0.4) is 0 Å². The number of halogens is 2. The van der Waals surface area contributed by atoms with Gasteiger partial charge in [0.1, 0.15) is 5.82 Å². The number of carbonyl (C=O) groups excluding carboxylic acids is 1. The van der Waals surface area contributed by atoms with Crippen LogP contribution < -0.4 is 16.6 Å². The third kappa shape index (κ3) is 3.55. The molecule has 0 aliphatic rings. The zero-order valence-electron chi connectivity index (χ0n) is 9.65. The Labute approximate surface area is 128 Å². The predicted octanol–water partition coefficient (Wildman–Crippen LogP) is 2.88. The van der Waals surface area contributed by atoms with Gasteiger partial charge in [-0.05, 0) is 52.9 Å². The van der Waals surface area contributed by atoms with E-state index in [-0.39, 0.29) is 5.91 Å². The van der Waals surface area contributed by atoms with Crippen molar-refractivity contribution in [3.8, 4) is 0 Å². The molecule has 4 N–H and O–H groups in total. The minimum absolute atomic E-state index is 0.279. The van der Waals surface area contributed by atoms with Gasteiger partial charge in [-0.2, -0.15) is 0 Å². The molecule has 0 atom stereocenters. The molecule has 1 amide bonds. The summed E-state index contributed by atoms with van der Waals surface area (Å²) in [5, 5.41) is 3.22. The third-order valence-corrected chi connectivity index (χ3v) is 3.34. The van der Waals surface area contributed by atoms with Crippen molar-refractivity contribution in [3.05, 3.63) is 50.7 Å². The topological polar surface area (TPSA) is 80.0 Å². The first-order chi connectivity index (χ1) is 9.10. The Morgan fingerprint density at radius 3 is 2.68 bits per heavy atom. The van der Waals surface area contributed by atoms with Crippen LogP contribution in [0.4, 0.5) is 11.5 Å². The zero-order chi connectivity index (χ0) is 13.8. The summed E-state index contributed by atoms with van der Waals surface area (Å²) in [4.78, 5) is 16.0. The van der Waals surface area contributed by atoms with Gasteiger partial charge in [-0.1, -0.05) is 11.6 Å². The van der Waals surface area contributed by atoms with E-state index in [4.69, 9.17) is 17.4 Å². The molecule has 0 spiro atoms. The van der Waals surface area contributed by atoms with E-state index in [0.29, 0.717) is 22.1 Å². The van der Waals surface area contributed by atoms with Gasteiger partial charge >= 0.3 is 0 Å². The number of pyridine rings is 1. The average Bonchev–Trinajstić information content (AvgIpc) is 2.42. The summed E-state index contributed by atoms with van der Waals surface area (Å²) in [5.74, 6) is 5.41. The lowest BCUT2D eigenvalue weighted by molar-refractivity contribution is 0.102. The normalized spacial score (nSPS) is 10.1. The van der Waals surface area contributed by atoms with Crippen molar-refractivity contribution in [1.29, 1.82) is 0 Å². The van der Waals surface area contributed by atoms with Crippen molar-refractivity contribution in [3.63, 3.8) is 0 Å². The van der Waals surface area contributed by atoms with Gasteiger partial charge in [0.05, 0.1) is 16.3 Å². The highest BCUT2D eigenvalue weighted by Crippen LogP contribution is 2.24.